The van der Waals surface area contributed by atoms with E-state index >= 15 is 0 Å². The lowest BCUT2D eigenvalue weighted by molar-refractivity contribution is 0.648. The summed E-state index contributed by atoms with van der Waals surface area (Å²) in [6, 6.07) is 8.22. The lowest BCUT2D eigenvalue weighted by Gasteiger charge is -2.07. The Morgan fingerprint density at radius 2 is 2.00 bits per heavy atom. The molecule has 90 valence electrons. The van der Waals surface area contributed by atoms with Gasteiger partial charge in [-0.25, -0.2) is 0 Å². The van der Waals surface area contributed by atoms with E-state index in [0.29, 0.717) is 13.1 Å². The molecule has 0 aliphatic rings. The quantitative estimate of drug-likeness (QED) is 0.902. The molecule has 0 aliphatic carbocycles. The van der Waals surface area contributed by atoms with Crippen molar-refractivity contribution in [2.45, 2.75) is 19.9 Å². The Balaban J connectivity index is 2.38. The minimum Gasteiger partial charge on any atom is -0.330 e. The summed E-state index contributed by atoms with van der Waals surface area (Å²) in [5, 5.41) is 1.92. The number of thiazole rings is 1. The highest BCUT2D eigenvalue weighted by Crippen LogP contribution is 2.20. The van der Waals surface area contributed by atoms with E-state index in [9.17, 15) is 4.79 Å². The van der Waals surface area contributed by atoms with E-state index in [1.165, 1.54) is 16.9 Å². The lowest BCUT2D eigenvalue weighted by atomic mass is 10.1. The predicted octanol–water partition coefficient (Wildman–Crippen LogP) is 2.23. The van der Waals surface area contributed by atoms with Crippen molar-refractivity contribution in [1.29, 1.82) is 0 Å². The van der Waals surface area contributed by atoms with Gasteiger partial charge in [-0.1, -0.05) is 41.2 Å². The Kier molecular flexibility index (Phi) is 3.76. The van der Waals surface area contributed by atoms with E-state index in [1.807, 2.05) is 9.95 Å². The molecule has 0 aliphatic heterocycles. The fraction of sp³-hybridized carbons (Fsp3) is 0.308. The van der Waals surface area contributed by atoms with Crippen LogP contribution in [-0.4, -0.2) is 11.1 Å². The Labute approximate surface area is 105 Å². The minimum absolute atomic E-state index is 0.0917. The average molecular weight is 248 g/mol. The van der Waals surface area contributed by atoms with E-state index in [4.69, 9.17) is 5.73 Å². The second-order valence-electron chi connectivity index (χ2n) is 4.05. The first kappa shape index (κ1) is 12.1. The largest absolute Gasteiger partial charge is 0.330 e. The van der Waals surface area contributed by atoms with Crippen LogP contribution >= 0.6 is 11.3 Å². The van der Waals surface area contributed by atoms with Gasteiger partial charge in [0.05, 0.1) is 5.69 Å². The van der Waals surface area contributed by atoms with Crippen LogP contribution in [0.2, 0.25) is 0 Å². The van der Waals surface area contributed by atoms with Crippen LogP contribution in [0.5, 0.6) is 0 Å². The third-order valence-electron chi connectivity index (χ3n) is 2.72. The van der Waals surface area contributed by atoms with Crippen molar-refractivity contribution < 1.29 is 0 Å². The molecule has 0 saturated carbocycles. The van der Waals surface area contributed by atoms with Crippen molar-refractivity contribution in [3.8, 4) is 11.3 Å². The smallest absolute Gasteiger partial charge is 0.307 e. The molecular weight excluding hydrogens is 232 g/mol. The van der Waals surface area contributed by atoms with E-state index in [1.54, 1.807) is 0 Å². The summed E-state index contributed by atoms with van der Waals surface area (Å²) >= 11 is 1.25. The summed E-state index contributed by atoms with van der Waals surface area (Å²) in [4.78, 5) is 11.8. The fourth-order valence-electron chi connectivity index (χ4n) is 1.74. The van der Waals surface area contributed by atoms with Crippen molar-refractivity contribution in [1.82, 2.24) is 4.57 Å². The predicted molar refractivity (Wildman–Crippen MR) is 72.4 cm³/mol. The molecule has 0 fully saturated rings. The zero-order valence-corrected chi connectivity index (χ0v) is 10.7. The Hall–Kier alpha value is -1.39. The number of hydrogen-bond donors (Lipinski definition) is 1. The molecule has 1 aromatic heterocycles. The number of aryl methyl sites for hydroxylation is 1. The second kappa shape index (κ2) is 5.29. The van der Waals surface area contributed by atoms with Crippen LogP contribution in [-0.2, 0) is 6.54 Å². The molecule has 4 heteroatoms. The molecule has 0 unspecified atom stereocenters. The number of hydrogen-bond acceptors (Lipinski definition) is 3. The summed E-state index contributed by atoms with van der Waals surface area (Å²) in [5.74, 6) is 0. The maximum atomic E-state index is 11.7. The highest BCUT2D eigenvalue weighted by molar-refractivity contribution is 7.07. The van der Waals surface area contributed by atoms with Gasteiger partial charge in [-0.3, -0.25) is 9.36 Å². The van der Waals surface area contributed by atoms with Crippen LogP contribution in [0, 0.1) is 6.92 Å². The SMILES string of the molecule is Cc1ccc(-c2csc(=O)n2CCCN)cc1. The van der Waals surface area contributed by atoms with Crippen LogP contribution in [0.3, 0.4) is 0 Å². The summed E-state index contributed by atoms with van der Waals surface area (Å²) in [6.07, 6.45) is 0.829. The molecular formula is C13H16N2OS. The minimum atomic E-state index is 0.0917. The zero-order valence-electron chi connectivity index (χ0n) is 9.85. The van der Waals surface area contributed by atoms with Crippen molar-refractivity contribution in [2.75, 3.05) is 6.54 Å². The molecule has 0 radical (unpaired) electrons. The van der Waals surface area contributed by atoms with E-state index < -0.39 is 0 Å². The van der Waals surface area contributed by atoms with Gasteiger partial charge in [-0.2, -0.15) is 0 Å². The molecule has 2 N–H and O–H groups in total. The molecule has 0 amide bonds. The molecule has 1 aromatic carbocycles. The molecule has 0 bridgehead atoms. The molecule has 0 saturated heterocycles. The number of rotatable bonds is 4. The van der Waals surface area contributed by atoms with Gasteiger partial charge < -0.3 is 5.73 Å². The monoisotopic (exact) mass is 248 g/mol. The van der Waals surface area contributed by atoms with Gasteiger partial charge in [0.25, 0.3) is 0 Å². The normalized spacial score (nSPS) is 10.7. The summed E-state index contributed by atoms with van der Waals surface area (Å²) in [6.45, 7) is 3.36. The van der Waals surface area contributed by atoms with Crippen molar-refractivity contribution in [3.63, 3.8) is 0 Å². The second-order valence-corrected chi connectivity index (χ2v) is 4.87. The molecule has 3 nitrogen and oxygen atoms in total. The van der Waals surface area contributed by atoms with Crippen LogP contribution < -0.4 is 10.6 Å². The number of benzene rings is 1. The van der Waals surface area contributed by atoms with Crippen molar-refractivity contribution in [2.24, 2.45) is 5.73 Å². The van der Waals surface area contributed by atoms with Gasteiger partial charge in [0.2, 0.25) is 0 Å². The van der Waals surface area contributed by atoms with Gasteiger partial charge in [-0.15, -0.1) is 0 Å². The third kappa shape index (κ3) is 2.65. The van der Waals surface area contributed by atoms with Gasteiger partial charge in [0.15, 0.2) is 0 Å². The van der Waals surface area contributed by atoms with Crippen molar-refractivity contribution in [3.05, 3.63) is 44.9 Å². The number of nitrogens with two attached hydrogens (primary N) is 1. The summed E-state index contributed by atoms with van der Waals surface area (Å²) < 4.78 is 1.81. The van der Waals surface area contributed by atoms with E-state index in [2.05, 4.69) is 31.2 Å². The zero-order chi connectivity index (χ0) is 12.3. The molecule has 1 heterocycles. The first-order chi connectivity index (χ1) is 8.22. The van der Waals surface area contributed by atoms with Gasteiger partial charge in [-0.05, 0) is 25.5 Å². The Morgan fingerprint density at radius 1 is 1.29 bits per heavy atom. The van der Waals surface area contributed by atoms with Crippen LogP contribution in [0.4, 0.5) is 0 Å². The van der Waals surface area contributed by atoms with Gasteiger partial charge in [0, 0.05) is 11.9 Å². The fourth-order valence-corrected chi connectivity index (χ4v) is 2.53. The molecule has 17 heavy (non-hydrogen) atoms. The number of aromatic nitrogens is 1. The third-order valence-corrected chi connectivity index (χ3v) is 3.48. The lowest BCUT2D eigenvalue weighted by Crippen LogP contribution is -2.16. The topological polar surface area (TPSA) is 48.0 Å². The highest BCUT2D eigenvalue weighted by atomic mass is 32.1. The Morgan fingerprint density at radius 3 is 2.65 bits per heavy atom. The Bertz CT molecular complexity index is 539. The standard InChI is InChI=1S/C13H16N2OS/c1-10-3-5-11(6-4-10)12-9-17-13(16)15(12)8-2-7-14/h3-6,9H,2,7-8,14H2,1H3. The highest BCUT2D eigenvalue weighted by Gasteiger charge is 2.07. The molecule has 0 spiro atoms. The van der Waals surface area contributed by atoms with Gasteiger partial charge >= 0.3 is 4.87 Å². The van der Waals surface area contributed by atoms with E-state index in [0.717, 1.165) is 17.7 Å². The van der Waals surface area contributed by atoms with Crippen LogP contribution in [0.1, 0.15) is 12.0 Å². The summed E-state index contributed by atoms with van der Waals surface area (Å²) in [5.41, 5.74) is 8.80. The van der Waals surface area contributed by atoms with Crippen LogP contribution in [0.25, 0.3) is 11.3 Å². The molecule has 2 aromatic rings. The molecule has 0 atom stereocenters. The maximum Gasteiger partial charge on any atom is 0.307 e. The van der Waals surface area contributed by atoms with E-state index in [-0.39, 0.29) is 4.87 Å². The first-order valence-corrected chi connectivity index (χ1v) is 6.56. The molecule has 2 rings (SSSR count). The number of nitrogens with zero attached hydrogens (tertiary/aromatic N) is 1. The van der Waals surface area contributed by atoms with Crippen molar-refractivity contribution >= 4 is 11.3 Å². The van der Waals surface area contributed by atoms with Gasteiger partial charge in [0.1, 0.15) is 0 Å². The first-order valence-electron chi connectivity index (χ1n) is 5.68. The van der Waals surface area contributed by atoms with Crippen LogP contribution in [0.15, 0.2) is 34.4 Å². The average Bonchev–Trinajstić information content (AvgIpc) is 2.69. The summed E-state index contributed by atoms with van der Waals surface area (Å²) in [7, 11) is 0. The maximum absolute atomic E-state index is 11.7.